The molecule has 5 nitrogen and oxygen atoms in total. The molecule has 2 heterocycles. The molecule has 0 aromatic carbocycles. The average Bonchev–Trinajstić information content (AvgIpc) is 2.69. The third-order valence-corrected chi connectivity index (χ3v) is 4.42. The minimum Gasteiger partial charge on any atom is -0.327 e. The lowest BCUT2D eigenvalue weighted by molar-refractivity contribution is -0.114. The summed E-state index contributed by atoms with van der Waals surface area (Å²) >= 11 is 1.47. The fourth-order valence-electron chi connectivity index (χ4n) is 2.44. The first-order chi connectivity index (χ1) is 8.87. The van der Waals surface area contributed by atoms with E-state index in [0.717, 1.165) is 31.7 Å². The van der Waals surface area contributed by atoms with E-state index >= 15 is 0 Å². The molecule has 0 saturated carbocycles. The van der Waals surface area contributed by atoms with Gasteiger partial charge in [-0.15, -0.1) is 36.2 Å². The maximum absolute atomic E-state index is 11.0. The number of carbonyl (C=O) groups is 1. The Bertz CT molecular complexity index is 467. The summed E-state index contributed by atoms with van der Waals surface area (Å²) in [4.78, 5) is 17.8. The summed E-state index contributed by atoms with van der Waals surface area (Å²) in [7, 11) is 0. The molecule has 122 valence electrons. The highest BCUT2D eigenvalue weighted by Gasteiger charge is 2.33. The maximum atomic E-state index is 11.0. The summed E-state index contributed by atoms with van der Waals surface area (Å²) in [6, 6.07) is 0.272. The smallest absolute Gasteiger partial charge is 0.223 e. The normalized spacial score (nSPS) is 21.0. The van der Waals surface area contributed by atoms with Gasteiger partial charge in [0, 0.05) is 38.0 Å². The molecule has 0 bridgehead atoms. The Balaban J connectivity index is 0.00000200. The molecule has 2 rings (SSSR count). The number of piperidine rings is 1. The first-order valence-corrected chi connectivity index (χ1v) is 7.45. The van der Waals surface area contributed by atoms with Crippen LogP contribution >= 0.6 is 36.2 Å². The van der Waals surface area contributed by atoms with E-state index in [9.17, 15) is 4.79 Å². The summed E-state index contributed by atoms with van der Waals surface area (Å²) in [5, 5.41) is 5.40. The van der Waals surface area contributed by atoms with Crippen molar-refractivity contribution in [3.8, 4) is 0 Å². The molecular formula is C13H24Cl2N4OS. The summed E-state index contributed by atoms with van der Waals surface area (Å²) in [5.41, 5.74) is 7.30. The Morgan fingerprint density at radius 1 is 1.57 bits per heavy atom. The van der Waals surface area contributed by atoms with Crippen LogP contribution in [0.4, 0.5) is 5.13 Å². The summed E-state index contributed by atoms with van der Waals surface area (Å²) in [6.45, 7) is 8.75. The second kappa shape index (κ2) is 8.29. The molecule has 1 atom stereocenters. The van der Waals surface area contributed by atoms with Crippen LogP contribution in [0.15, 0.2) is 5.38 Å². The number of rotatable bonds is 3. The van der Waals surface area contributed by atoms with E-state index in [0.29, 0.717) is 5.13 Å². The summed E-state index contributed by atoms with van der Waals surface area (Å²) in [5.74, 6) is -0.0778. The molecule has 0 spiro atoms. The van der Waals surface area contributed by atoms with Crippen molar-refractivity contribution < 1.29 is 4.79 Å². The van der Waals surface area contributed by atoms with Gasteiger partial charge in [0.25, 0.3) is 0 Å². The third-order valence-electron chi connectivity index (χ3n) is 3.61. The lowest BCUT2D eigenvalue weighted by Crippen LogP contribution is -2.52. The van der Waals surface area contributed by atoms with Crippen LogP contribution in [0.3, 0.4) is 0 Å². The van der Waals surface area contributed by atoms with Crippen molar-refractivity contribution in [3.63, 3.8) is 0 Å². The fourth-order valence-corrected chi connectivity index (χ4v) is 3.18. The lowest BCUT2D eigenvalue weighted by Gasteiger charge is -2.42. The van der Waals surface area contributed by atoms with Crippen molar-refractivity contribution in [2.75, 3.05) is 18.4 Å². The van der Waals surface area contributed by atoms with Gasteiger partial charge in [0.05, 0.1) is 5.69 Å². The van der Waals surface area contributed by atoms with Gasteiger partial charge < -0.3 is 11.1 Å². The van der Waals surface area contributed by atoms with Gasteiger partial charge in [0.2, 0.25) is 5.91 Å². The first kappa shape index (κ1) is 20.6. The molecule has 1 unspecified atom stereocenters. The van der Waals surface area contributed by atoms with Gasteiger partial charge in [-0.1, -0.05) is 13.8 Å². The fraction of sp³-hybridized carbons (Fsp3) is 0.692. The van der Waals surface area contributed by atoms with E-state index in [4.69, 9.17) is 5.73 Å². The zero-order valence-electron chi connectivity index (χ0n) is 12.6. The third kappa shape index (κ3) is 5.71. The molecule has 1 saturated heterocycles. The van der Waals surface area contributed by atoms with Crippen molar-refractivity contribution in [2.45, 2.75) is 39.8 Å². The van der Waals surface area contributed by atoms with E-state index in [1.54, 1.807) is 0 Å². The van der Waals surface area contributed by atoms with Crippen LogP contribution in [0.25, 0.3) is 0 Å². The second-order valence-electron chi connectivity index (χ2n) is 5.92. The van der Waals surface area contributed by atoms with E-state index in [-0.39, 0.29) is 42.2 Å². The summed E-state index contributed by atoms with van der Waals surface area (Å²) in [6.07, 6.45) is 1.02. The molecule has 0 aliphatic carbocycles. The largest absolute Gasteiger partial charge is 0.327 e. The van der Waals surface area contributed by atoms with Crippen LogP contribution in [0, 0.1) is 5.41 Å². The minimum absolute atomic E-state index is 0. The number of amides is 1. The van der Waals surface area contributed by atoms with E-state index in [1.165, 1.54) is 18.3 Å². The van der Waals surface area contributed by atoms with Crippen LogP contribution in [-0.2, 0) is 11.3 Å². The van der Waals surface area contributed by atoms with Gasteiger partial charge in [-0.25, -0.2) is 4.98 Å². The van der Waals surface area contributed by atoms with E-state index in [2.05, 4.69) is 29.0 Å². The van der Waals surface area contributed by atoms with Gasteiger partial charge >= 0.3 is 0 Å². The predicted molar refractivity (Wildman–Crippen MR) is 92.6 cm³/mol. The zero-order valence-corrected chi connectivity index (χ0v) is 15.0. The molecule has 1 fully saturated rings. The number of likely N-dealkylation sites (tertiary alicyclic amines) is 1. The molecule has 1 aromatic heterocycles. The number of nitrogens with one attached hydrogen (secondary N) is 1. The van der Waals surface area contributed by atoms with Crippen molar-refractivity contribution in [1.29, 1.82) is 0 Å². The SMILES string of the molecule is CC(=O)Nc1nc(CN2CCC(N)C(C)(C)C2)cs1.Cl.Cl. The van der Waals surface area contributed by atoms with Gasteiger partial charge in [-0.2, -0.15) is 0 Å². The van der Waals surface area contributed by atoms with Crippen LogP contribution in [0.5, 0.6) is 0 Å². The minimum atomic E-state index is -0.0778. The number of hydrogen-bond acceptors (Lipinski definition) is 5. The molecule has 1 aromatic rings. The number of anilines is 1. The van der Waals surface area contributed by atoms with Crippen molar-refractivity contribution in [2.24, 2.45) is 11.1 Å². The molecule has 1 amide bonds. The molecule has 1 aliphatic rings. The highest BCUT2D eigenvalue weighted by Crippen LogP contribution is 2.29. The number of nitrogens with zero attached hydrogens (tertiary/aromatic N) is 2. The van der Waals surface area contributed by atoms with Crippen molar-refractivity contribution in [3.05, 3.63) is 11.1 Å². The zero-order chi connectivity index (χ0) is 14.0. The van der Waals surface area contributed by atoms with Gasteiger partial charge in [0.15, 0.2) is 5.13 Å². The number of thiazole rings is 1. The molecular weight excluding hydrogens is 331 g/mol. The van der Waals surface area contributed by atoms with Crippen LogP contribution in [-0.4, -0.2) is 34.9 Å². The number of aromatic nitrogens is 1. The number of halogens is 2. The topological polar surface area (TPSA) is 71.2 Å². The standard InChI is InChI=1S/C13H22N4OS.2ClH/c1-9(18)15-12-16-10(7-19-12)6-17-5-4-11(14)13(2,3)8-17;;/h7,11H,4-6,8,14H2,1-3H3,(H,15,16,18);2*1H. The number of nitrogens with two attached hydrogens (primary N) is 1. The van der Waals surface area contributed by atoms with E-state index < -0.39 is 0 Å². The van der Waals surface area contributed by atoms with Crippen LogP contribution in [0.2, 0.25) is 0 Å². The maximum Gasteiger partial charge on any atom is 0.223 e. The molecule has 0 radical (unpaired) electrons. The second-order valence-corrected chi connectivity index (χ2v) is 6.78. The lowest BCUT2D eigenvalue weighted by atomic mass is 9.80. The highest BCUT2D eigenvalue weighted by molar-refractivity contribution is 7.13. The van der Waals surface area contributed by atoms with Gasteiger partial charge in [-0.3, -0.25) is 9.69 Å². The van der Waals surface area contributed by atoms with Gasteiger partial charge in [0.1, 0.15) is 0 Å². The van der Waals surface area contributed by atoms with Crippen LogP contribution < -0.4 is 11.1 Å². The van der Waals surface area contributed by atoms with Crippen molar-refractivity contribution >= 4 is 47.2 Å². The quantitative estimate of drug-likeness (QED) is 0.874. The monoisotopic (exact) mass is 354 g/mol. The average molecular weight is 355 g/mol. The van der Waals surface area contributed by atoms with Crippen molar-refractivity contribution in [1.82, 2.24) is 9.88 Å². The molecule has 21 heavy (non-hydrogen) atoms. The van der Waals surface area contributed by atoms with Gasteiger partial charge in [-0.05, 0) is 11.8 Å². The van der Waals surface area contributed by atoms with E-state index in [1.807, 2.05) is 5.38 Å². The molecule has 1 aliphatic heterocycles. The molecule has 8 heteroatoms. The molecule has 3 N–H and O–H groups in total. The Hall–Kier alpha value is -0.400. The number of carbonyl (C=O) groups excluding carboxylic acids is 1. The number of hydrogen-bond donors (Lipinski definition) is 2. The Labute approximate surface area is 142 Å². The Kier molecular flexibility index (Phi) is 8.13. The predicted octanol–water partition coefficient (Wildman–Crippen LogP) is 2.50. The Morgan fingerprint density at radius 2 is 2.24 bits per heavy atom. The summed E-state index contributed by atoms with van der Waals surface area (Å²) < 4.78 is 0. The first-order valence-electron chi connectivity index (χ1n) is 6.57. The Morgan fingerprint density at radius 3 is 2.81 bits per heavy atom. The van der Waals surface area contributed by atoms with Crippen LogP contribution in [0.1, 0.15) is 32.9 Å². The highest BCUT2D eigenvalue weighted by atomic mass is 35.5.